The number of hydrogen-bond donors (Lipinski definition) is 7. The predicted molar refractivity (Wildman–Crippen MR) is 348 cm³/mol. The average Bonchev–Trinajstić information content (AvgIpc) is 1.69. The summed E-state index contributed by atoms with van der Waals surface area (Å²) in [6.07, 6.45) is -2.49. The van der Waals surface area contributed by atoms with Gasteiger partial charge in [0.2, 0.25) is 35.4 Å². The van der Waals surface area contributed by atoms with Gasteiger partial charge in [-0.15, -0.1) is 0 Å². The number of hydrogen-bond acceptors (Lipinski definition) is 12. The molecule has 0 bridgehead atoms. The number of carbonyl (C=O) groups excluding carboxylic acids is 7. The second kappa shape index (κ2) is 33.4. The number of methoxy groups -OCH3 is 2. The van der Waals surface area contributed by atoms with E-state index in [1.54, 1.807) is 104 Å². The van der Waals surface area contributed by atoms with Gasteiger partial charge in [0.05, 0.1) is 48.8 Å². The van der Waals surface area contributed by atoms with Crippen LogP contribution in [0.1, 0.15) is 136 Å². The largest absolute Gasteiger partial charge is 0.465 e. The number of nitrogens with zero attached hydrogens (tertiary/aromatic N) is 3. The van der Waals surface area contributed by atoms with Crippen LogP contribution in [-0.4, -0.2) is 168 Å². The van der Waals surface area contributed by atoms with E-state index in [9.17, 15) is 48.6 Å². The summed E-state index contributed by atoms with van der Waals surface area (Å²) in [7, 11) is 4.64. The summed E-state index contributed by atoms with van der Waals surface area (Å²) in [5.41, 5.74) is 6.06. The molecule has 0 spiro atoms. The van der Waals surface area contributed by atoms with Crippen LogP contribution in [0.4, 0.5) is 15.3 Å². The van der Waals surface area contributed by atoms with E-state index >= 15 is 0 Å². The topological polar surface area (TPSA) is 275 Å². The van der Waals surface area contributed by atoms with Gasteiger partial charge < -0.3 is 60.8 Å². The number of alkyl carbamates (subject to hydrolysis) is 1. The number of fused-ring (bicyclic) bond motifs is 3. The standard InChI is InChI=1S/C70H98N8O13/c1-15-43(8)61(56(89-13)38-57(79)77-36-23-30-55(77)63(90-14)44(9)64(81)71-45(10)62(80)48-24-17-16-18-25-48)76(12)68(85)59(41(4)5)74-67(84)60(42(6)7)78(70(87)88)37-35-47-31-33-49(34-32-47)73-65(82)46(11)72-66(83)58(40(2)3)75-69(86)91-39-54-52-28-21-19-26-50(52)51-27-20-22-29-53(51)54/h16-22,24-29,31-34,40-46,54-56,58-63,80H,15,23,30,35-39H2,1-14H3,(H,71,81)(H,72,83)(H,73,82)(H,74,84)(H,75,86)(H,87,88)/t43-,44+,45+,46-,55-,56+,58-,59-,60-,61-,62+,63+/m0/s1. The van der Waals surface area contributed by atoms with Gasteiger partial charge in [-0.2, -0.15) is 0 Å². The van der Waals surface area contributed by atoms with Crippen LogP contribution < -0.4 is 26.6 Å². The number of rotatable bonds is 31. The van der Waals surface area contributed by atoms with Gasteiger partial charge in [0.1, 0.15) is 30.8 Å². The molecule has 0 saturated carbocycles. The molecule has 1 heterocycles. The predicted octanol–water partition coefficient (Wildman–Crippen LogP) is 8.54. The molecule has 0 radical (unpaired) electrons. The lowest BCUT2D eigenvalue weighted by Gasteiger charge is -2.41. The number of ether oxygens (including phenoxy) is 3. The molecule has 1 fully saturated rings. The van der Waals surface area contributed by atoms with E-state index in [2.05, 4.69) is 26.6 Å². The maximum absolute atomic E-state index is 14.8. The zero-order valence-electron chi connectivity index (χ0n) is 55.4. The number of carboxylic acid groups (broad SMARTS) is 1. The van der Waals surface area contributed by atoms with Gasteiger partial charge in [0.15, 0.2) is 0 Å². The highest BCUT2D eigenvalue weighted by molar-refractivity contribution is 5.98. The molecular formula is C70H98N8O13. The first-order valence-electron chi connectivity index (χ1n) is 32.0. The fourth-order valence-corrected chi connectivity index (χ4v) is 12.7. The Bertz CT molecular complexity index is 3060. The van der Waals surface area contributed by atoms with Gasteiger partial charge >= 0.3 is 12.2 Å². The zero-order valence-corrected chi connectivity index (χ0v) is 55.4. The van der Waals surface area contributed by atoms with Crippen LogP contribution in [0.25, 0.3) is 11.1 Å². The van der Waals surface area contributed by atoms with Gasteiger partial charge in [0, 0.05) is 46.0 Å². The number of nitrogens with one attached hydrogen (secondary N) is 5. The highest BCUT2D eigenvalue weighted by Crippen LogP contribution is 2.44. The van der Waals surface area contributed by atoms with Crippen molar-refractivity contribution in [2.75, 3.05) is 46.3 Å². The highest BCUT2D eigenvalue weighted by atomic mass is 16.5. The summed E-state index contributed by atoms with van der Waals surface area (Å²) in [6, 6.07) is 25.8. The third kappa shape index (κ3) is 18.2. The van der Waals surface area contributed by atoms with Crippen molar-refractivity contribution < 1.29 is 62.8 Å². The summed E-state index contributed by atoms with van der Waals surface area (Å²) in [5, 5.41) is 35.6. The summed E-state index contributed by atoms with van der Waals surface area (Å²) in [4.78, 5) is 115. The molecule has 8 amide bonds. The number of anilines is 1. The molecule has 4 aromatic rings. The van der Waals surface area contributed by atoms with Gasteiger partial charge in [0.25, 0.3) is 0 Å². The maximum Gasteiger partial charge on any atom is 0.407 e. The van der Waals surface area contributed by atoms with Crippen molar-refractivity contribution >= 4 is 53.3 Å². The number of benzene rings is 4. The minimum absolute atomic E-state index is 0.0685. The third-order valence-electron chi connectivity index (χ3n) is 18.1. The van der Waals surface area contributed by atoms with Crippen LogP contribution in [0, 0.1) is 29.6 Å². The van der Waals surface area contributed by atoms with Gasteiger partial charge in [-0.3, -0.25) is 33.7 Å². The van der Waals surface area contributed by atoms with Crippen molar-refractivity contribution in [1.29, 1.82) is 0 Å². The van der Waals surface area contributed by atoms with Crippen LogP contribution in [0.3, 0.4) is 0 Å². The van der Waals surface area contributed by atoms with E-state index in [1.165, 1.54) is 26.0 Å². The molecule has 1 aliphatic heterocycles. The molecule has 496 valence electrons. The van der Waals surface area contributed by atoms with Gasteiger partial charge in [-0.1, -0.05) is 160 Å². The van der Waals surface area contributed by atoms with Crippen molar-refractivity contribution in [3.8, 4) is 11.1 Å². The monoisotopic (exact) mass is 1260 g/mol. The lowest BCUT2D eigenvalue weighted by Crippen LogP contribution is -2.60. The Kier molecular flexibility index (Phi) is 26.5. The van der Waals surface area contributed by atoms with Gasteiger partial charge in [-0.05, 0) is 102 Å². The summed E-state index contributed by atoms with van der Waals surface area (Å²) in [6.45, 7) is 20.0. The molecule has 4 aromatic carbocycles. The molecule has 2 aliphatic rings. The van der Waals surface area contributed by atoms with Crippen LogP contribution in [-0.2, 0) is 49.4 Å². The van der Waals surface area contributed by atoms with Crippen LogP contribution in [0.5, 0.6) is 0 Å². The van der Waals surface area contributed by atoms with Gasteiger partial charge in [-0.25, -0.2) is 9.59 Å². The Labute approximate surface area is 537 Å². The van der Waals surface area contributed by atoms with Crippen LogP contribution in [0.2, 0.25) is 0 Å². The van der Waals surface area contributed by atoms with Crippen molar-refractivity contribution in [3.63, 3.8) is 0 Å². The zero-order chi connectivity index (χ0) is 67.0. The molecule has 0 aromatic heterocycles. The van der Waals surface area contributed by atoms with Crippen molar-refractivity contribution in [2.45, 2.75) is 175 Å². The number of likely N-dealkylation sites (tertiary alicyclic amines) is 1. The number of aliphatic hydroxyl groups excluding tert-OH is 1. The lowest BCUT2D eigenvalue weighted by atomic mass is 9.89. The first-order valence-corrected chi connectivity index (χ1v) is 32.0. The fourth-order valence-electron chi connectivity index (χ4n) is 12.7. The highest BCUT2D eigenvalue weighted by Gasteiger charge is 2.44. The lowest BCUT2D eigenvalue weighted by molar-refractivity contribution is -0.148. The van der Waals surface area contributed by atoms with Crippen molar-refractivity contribution in [3.05, 3.63) is 125 Å². The van der Waals surface area contributed by atoms with E-state index in [0.717, 1.165) is 27.2 Å². The van der Waals surface area contributed by atoms with Crippen LogP contribution >= 0.6 is 0 Å². The molecule has 1 saturated heterocycles. The molecule has 91 heavy (non-hydrogen) atoms. The molecule has 0 unspecified atom stereocenters. The third-order valence-corrected chi connectivity index (χ3v) is 18.1. The van der Waals surface area contributed by atoms with Crippen LogP contribution in [0.15, 0.2) is 103 Å². The van der Waals surface area contributed by atoms with E-state index in [1.807, 2.05) is 80.6 Å². The van der Waals surface area contributed by atoms with E-state index in [-0.39, 0.29) is 55.6 Å². The Morgan fingerprint density at radius 1 is 0.670 bits per heavy atom. The van der Waals surface area contributed by atoms with Crippen molar-refractivity contribution in [1.82, 2.24) is 36.0 Å². The summed E-state index contributed by atoms with van der Waals surface area (Å²) >= 11 is 0. The first-order chi connectivity index (χ1) is 43.2. The second-order valence-corrected chi connectivity index (χ2v) is 25.5. The number of aliphatic hydroxyl groups is 1. The fraction of sp³-hybridized carbons (Fsp3) is 0.543. The number of likely N-dealkylation sites (N-methyl/N-ethyl adjacent to an activating group) is 1. The maximum atomic E-state index is 14.8. The Balaban J connectivity index is 1.03. The first kappa shape index (κ1) is 72.2. The Morgan fingerprint density at radius 2 is 1.26 bits per heavy atom. The molecular weight excluding hydrogens is 1160 g/mol. The van der Waals surface area contributed by atoms with Crippen molar-refractivity contribution in [2.24, 2.45) is 29.6 Å². The Hall–Kier alpha value is -7.88. The molecule has 1 aliphatic carbocycles. The number of amides is 8. The SMILES string of the molecule is CC[C@H](C)[C@@H]([C@@H](CC(=O)N1CCC[C@H]1[C@H](OC)[C@@H](C)C(=O)N[C@H](C)[C@@H](O)c1ccccc1)OC)N(C)C(=O)[C@@H](NC(=O)[C@H](C(C)C)N(CCc1ccc(NC(=O)[C@H](C)NC(=O)[C@@H](NC(=O)OCC2c3ccccc3-c3ccccc32)C(C)C)cc1)C(=O)O)C(C)C. The average molecular weight is 1260 g/mol. The minimum atomic E-state index is -1.33. The minimum Gasteiger partial charge on any atom is -0.465 e. The van der Waals surface area contributed by atoms with E-state index in [0.29, 0.717) is 42.6 Å². The quantitative estimate of drug-likeness (QED) is 0.0249. The van der Waals surface area contributed by atoms with E-state index in [4.69, 9.17) is 14.2 Å². The normalized spacial score (nSPS) is 17.4. The smallest absolute Gasteiger partial charge is 0.407 e. The molecule has 12 atom stereocenters. The molecule has 6 rings (SSSR count). The molecule has 7 N–H and O–H groups in total. The summed E-state index contributed by atoms with van der Waals surface area (Å²) in [5.74, 6) is -5.08. The Morgan fingerprint density at radius 3 is 1.81 bits per heavy atom. The second-order valence-electron chi connectivity index (χ2n) is 25.5. The van der Waals surface area contributed by atoms with E-state index < -0.39 is 114 Å². The molecule has 21 nitrogen and oxygen atoms in total. The molecule has 21 heteroatoms. The summed E-state index contributed by atoms with van der Waals surface area (Å²) < 4.78 is 17.8. The number of carbonyl (C=O) groups is 8.